The Morgan fingerprint density at radius 2 is 1.78 bits per heavy atom. The zero-order valence-electron chi connectivity index (χ0n) is 21.2. The van der Waals surface area contributed by atoms with Gasteiger partial charge in [0.15, 0.2) is 0 Å². The van der Waals surface area contributed by atoms with Gasteiger partial charge in [-0.3, -0.25) is 4.79 Å². The van der Waals surface area contributed by atoms with Crippen molar-refractivity contribution in [2.24, 2.45) is 0 Å². The Kier molecular flexibility index (Phi) is 8.19. The molecule has 4 rings (SSSR count). The molecule has 1 atom stereocenters. The Morgan fingerprint density at radius 3 is 2.54 bits per heavy atom. The number of nitrogens with zero attached hydrogens (tertiary/aromatic N) is 1. The van der Waals surface area contributed by atoms with E-state index in [1.807, 2.05) is 39.0 Å². The number of carbonyl (C=O) groups excluding carboxylic acids is 3. The molecule has 0 aromatic heterocycles. The van der Waals surface area contributed by atoms with Crippen LogP contribution in [0, 0.1) is 0 Å². The fraction of sp³-hybridized carbons (Fsp3) is 0.444. The third-order valence-corrected chi connectivity index (χ3v) is 7.13. The first kappa shape index (κ1) is 27.1. The van der Waals surface area contributed by atoms with Crippen molar-refractivity contribution >= 4 is 41.2 Å². The Balaban J connectivity index is 1.29. The molecule has 2 aromatic rings. The van der Waals surface area contributed by atoms with E-state index in [4.69, 9.17) is 27.9 Å². The lowest BCUT2D eigenvalue weighted by Gasteiger charge is -2.32. The standard InChI is InChI=1S/C27H32Cl2N4O4/c1-27(2,3)37-26(36)33-13-10-19-17(15-33)14-20(28)22(23(19)29)24(34)30-11-12-31-25(35)32-21-9-8-16-6-4-5-7-18(16)21/h4-7,14,21H,8-13,15H2,1-3H3,(H,30,34)(H2,31,32,35)/t21-/m1/s1. The highest BCUT2D eigenvalue weighted by atomic mass is 35.5. The number of carbonyl (C=O) groups is 3. The summed E-state index contributed by atoms with van der Waals surface area (Å²) in [6, 6.07) is 9.48. The third kappa shape index (κ3) is 6.48. The molecule has 0 saturated carbocycles. The van der Waals surface area contributed by atoms with E-state index in [0.717, 1.165) is 29.5 Å². The summed E-state index contributed by atoms with van der Waals surface area (Å²) in [4.78, 5) is 39.2. The van der Waals surface area contributed by atoms with E-state index >= 15 is 0 Å². The van der Waals surface area contributed by atoms with Gasteiger partial charge >= 0.3 is 12.1 Å². The van der Waals surface area contributed by atoms with Crippen LogP contribution in [0.1, 0.15) is 65.8 Å². The molecule has 8 nitrogen and oxygen atoms in total. The van der Waals surface area contributed by atoms with E-state index in [1.165, 1.54) is 5.56 Å². The highest BCUT2D eigenvalue weighted by Gasteiger charge is 2.29. The summed E-state index contributed by atoms with van der Waals surface area (Å²) < 4.78 is 5.46. The molecule has 198 valence electrons. The highest BCUT2D eigenvalue weighted by molar-refractivity contribution is 6.40. The van der Waals surface area contributed by atoms with Gasteiger partial charge in [0.2, 0.25) is 0 Å². The molecule has 2 aromatic carbocycles. The van der Waals surface area contributed by atoms with E-state index in [1.54, 1.807) is 11.0 Å². The molecule has 0 radical (unpaired) electrons. The first-order chi connectivity index (χ1) is 17.5. The van der Waals surface area contributed by atoms with Crippen LogP contribution in [0.5, 0.6) is 0 Å². The van der Waals surface area contributed by atoms with Crippen molar-refractivity contribution in [3.8, 4) is 0 Å². The largest absolute Gasteiger partial charge is 0.444 e. The van der Waals surface area contributed by atoms with E-state index in [0.29, 0.717) is 19.5 Å². The molecular formula is C27H32Cl2N4O4. The number of urea groups is 1. The van der Waals surface area contributed by atoms with Gasteiger partial charge in [-0.2, -0.15) is 0 Å². The average molecular weight is 547 g/mol. The molecule has 10 heteroatoms. The van der Waals surface area contributed by atoms with E-state index in [9.17, 15) is 14.4 Å². The summed E-state index contributed by atoms with van der Waals surface area (Å²) in [5.41, 5.74) is 3.60. The normalized spacial score (nSPS) is 16.5. The summed E-state index contributed by atoms with van der Waals surface area (Å²) >= 11 is 13.0. The van der Waals surface area contributed by atoms with Gasteiger partial charge in [0.25, 0.3) is 5.91 Å². The van der Waals surface area contributed by atoms with Crippen LogP contribution in [0.25, 0.3) is 0 Å². The number of rotatable bonds is 5. The fourth-order valence-corrected chi connectivity index (χ4v) is 5.46. The zero-order chi connectivity index (χ0) is 26.7. The van der Waals surface area contributed by atoms with Gasteiger partial charge in [-0.1, -0.05) is 47.5 Å². The minimum Gasteiger partial charge on any atom is -0.444 e. The lowest BCUT2D eigenvalue weighted by molar-refractivity contribution is 0.0223. The molecule has 3 N–H and O–H groups in total. The van der Waals surface area contributed by atoms with Gasteiger partial charge in [-0.15, -0.1) is 0 Å². The van der Waals surface area contributed by atoms with Crippen LogP contribution in [0.3, 0.4) is 0 Å². The van der Waals surface area contributed by atoms with Gasteiger partial charge in [0.05, 0.1) is 21.7 Å². The molecule has 1 heterocycles. The molecule has 0 unspecified atom stereocenters. The third-order valence-electron chi connectivity index (χ3n) is 6.42. The molecule has 1 aliphatic carbocycles. The van der Waals surface area contributed by atoms with Crippen molar-refractivity contribution in [1.29, 1.82) is 0 Å². The number of halogens is 2. The van der Waals surface area contributed by atoms with Crippen molar-refractivity contribution in [2.45, 2.75) is 58.2 Å². The Hall–Kier alpha value is -2.97. The number of hydrogen-bond donors (Lipinski definition) is 3. The number of amides is 4. The number of aryl methyl sites for hydroxylation is 1. The predicted octanol–water partition coefficient (Wildman–Crippen LogP) is 5.00. The summed E-state index contributed by atoms with van der Waals surface area (Å²) in [6.45, 7) is 6.64. The second-order valence-corrected chi connectivity index (χ2v) is 11.1. The average Bonchev–Trinajstić information content (AvgIpc) is 3.23. The zero-order valence-corrected chi connectivity index (χ0v) is 22.8. The quantitative estimate of drug-likeness (QED) is 0.459. The molecule has 0 saturated heterocycles. The molecule has 0 spiro atoms. The molecular weight excluding hydrogens is 515 g/mol. The van der Waals surface area contributed by atoms with Crippen LogP contribution in [0.4, 0.5) is 9.59 Å². The van der Waals surface area contributed by atoms with Crippen LogP contribution in [0.15, 0.2) is 30.3 Å². The van der Waals surface area contributed by atoms with Crippen molar-refractivity contribution in [1.82, 2.24) is 20.9 Å². The summed E-state index contributed by atoms with van der Waals surface area (Å²) in [7, 11) is 0. The maximum absolute atomic E-state index is 12.9. The number of nitrogens with one attached hydrogen (secondary N) is 3. The van der Waals surface area contributed by atoms with Crippen molar-refractivity contribution in [3.63, 3.8) is 0 Å². The fourth-order valence-electron chi connectivity index (χ4n) is 4.70. The monoisotopic (exact) mass is 546 g/mol. The van der Waals surface area contributed by atoms with Gasteiger partial charge in [0.1, 0.15) is 5.60 Å². The van der Waals surface area contributed by atoms with Crippen LogP contribution in [0.2, 0.25) is 10.0 Å². The van der Waals surface area contributed by atoms with Crippen molar-refractivity contribution in [2.75, 3.05) is 19.6 Å². The number of hydrogen-bond acceptors (Lipinski definition) is 4. The molecule has 1 aliphatic heterocycles. The highest BCUT2D eigenvalue weighted by Crippen LogP contribution is 2.35. The van der Waals surface area contributed by atoms with Crippen LogP contribution in [-0.4, -0.2) is 48.2 Å². The smallest absolute Gasteiger partial charge is 0.410 e. The Bertz CT molecular complexity index is 1210. The maximum Gasteiger partial charge on any atom is 0.410 e. The molecule has 0 bridgehead atoms. The second kappa shape index (κ2) is 11.2. The second-order valence-electron chi connectivity index (χ2n) is 10.3. The van der Waals surface area contributed by atoms with Gasteiger partial charge in [-0.05, 0) is 68.4 Å². The van der Waals surface area contributed by atoms with Crippen molar-refractivity contribution < 1.29 is 19.1 Å². The molecule has 0 fully saturated rings. The first-order valence-electron chi connectivity index (χ1n) is 12.4. The minimum absolute atomic E-state index is 0.00913. The minimum atomic E-state index is -0.591. The summed E-state index contributed by atoms with van der Waals surface area (Å²) in [5.74, 6) is -0.417. The summed E-state index contributed by atoms with van der Waals surface area (Å²) in [6.07, 6.45) is 1.89. The van der Waals surface area contributed by atoms with E-state index in [2.05, 4.69) is 22.0 Å². The lowest BCUT2D eigenvalue weighted by atomic mass is 9.96. The molecule has 37 heavy (non-hydrogen) atoms. The first-order valence-corrected chi connectivity index (χ1v) is 13.2. The van der Waals surface area contributed by atoms with E-state index < -0.39 is 17.6 Å². The van der Waals surface area contributed by atoms with Gasteiger partial charge in [0, 0.05) is 26.2 Å². The molecule has 4 amide bonds. The van der Waals surface area contributed by atoms with Crippen molar-refractivity contribution in [3.05, 3.63) is 68.2 Å². The number of benzene rings is 2. The Labute approximate surface area is 227 Å². The Morgan fingerprint density at radius 1 is 1.05 bits per heavy atom. The number of fused-ring (bicyclic) bond motifs is 2. The van der Waals surface area contributed by atoms with E-state index in [-0.39, 0.29) is 40.8 Å². The summed E-state index contributed by atoms with van der Waals surface area (Å²) in [5, 5.41) is 9.03. The van der Waals surface area contributed by atoms with Gasteiger partial charge in [-0.25, -0.2) is 9.59 Å². The van der Waals surface area contributed by atoms with Gasteiger partial charge < -0.3 is 25.6 Å². The SMILES string of the molecule is CC(C)(C)OC(=O)N1CCc2c(cc(Cl)c(C(=O)NCCNC(=O)N[C@@H]3CCc4ccccc43)c2Cl)C1. The predicted molar refractivity (Wildman–Crippen MR) is 143 cm³/mol. The topological polar surface area (TPSA) is 99.8 Å². The van der Waals surface area contributed by atoms with Crippen LogP contribution < -0.4 is 16.0 Å². The lowest BCUT2D eigenvalue weighted by Crippen LogP contribution is -2.41. The van der Waals surface area contributed by atoms with Crippen LogP contribution >= 0.6 is 23.2 Å². The molecule has 2 aliphatic rings. The maximum atomic E-state index is 12.9. The number of ether oxygens (including phenoxy) is 1. The van der Waals surface area contributed by atoms with Crippen LogP contribution in [-0.2, 0) is 24.1 Å².